The molecule has 2 amide bonds. The molecule has 1 saturated heterocycles. The zero-order chi connectivity index (χ0) is 18.8. The minimum absolute atomic E-state index is 0.0228. The van der Waals surface area contributed by atoms with E-state index in [0.717, 1.165) is 37.8 Å². The van der Waals surface area contributed by atoms with Gasteiger partial charge < -0.3 is 10.2 Å². The van der Waals surface area contributed by atoms with Crippen LogP contribution in [-0.2, 0) is 6.42 Å². The number of anilines is 1. The summed E-state index contributed by atoms with van der Waals surface area (Å²) in [5.41, 5.74) is 4.62. The zero-order valence-electron chi connectivity index (χ0n) is 16.3. The van der Waals surface area contributed by atoms with Gasteiger partial charge >= 0.3 is 6.03 Å². The molecule has 4 heteroatoms. The summed E-state index contributed by atoms with van der Waals surface area (Å²) in [6.07, 6.45) is 3.53. The van der Waals surface area contributed by atoms with Crippen LogP contribution < -0.4 is 5.32 Å². The normalized spacial score (nSPS) is 20.5. The van der Waals surface area contributed by atoms with Crippen LogP contribution in [-0.4, -0.2) is 47.5 Å². The van der Waals surface area contributed by atoms with Crippen LogP contribution in [0.3, 0.4) is 0 Å². The Labute approximate surface area is 162 Å². The van der Waals surface area contributed by atoms with Gasteiger partial charge in [-0.3, -0.25) is 4.90 Å². The van der Waals surface area contributed by atoms with Gasteiger partial charge in [-0.05, 0) is 61.9 Å². The highest BCUT2D eigenvalue weighted by Crippen LogP contribution is 2.30. The first-order valence-corrected chi connectivity index (χ1v) is 10.0. The highest BCUT2D eigenvalue weighted by atomic mass is 16.2. The molecule has 1 aliphatic heterocycles. The minimum Gasteiger partial charge on any atom is -0.319 e. The van der Waals surface area contributed by atoms with Crippen LogP contribution >= 0.6 is 0 Å². The SMILES string of the molecule is Cc1ccc(NC(=O)N2CCN(C3CC3)CC2Cc2ccccc2)cc1C. The number of benzene rings is 2. The fourth-order valence-corrected chi connectivity index (χ4v) is 3.99. The smallest absolute Gasteiger partial charge is 0.319 e. The van der Waals surface area contributed by atoms with Crippen LogP contribution in [0.4, 0.5) is 10.5 Å². The Morgan fingerprint density at radius 3 is 2.52 bits per heavy atom. The number of carbonyl (C=O) groups is 1. The van der Waals surface area contributed by atoms with Crippen molar-refractivity contribution in [3.05, 3.63) is 65.2 Å². The monoisotopic (exact) mass is 363 g/mol. The number of aryl methyl sites for hydroxylation is 2. The van der Waals surface area contributed by atoms with Gasteiger partial charge in [-0.1, -0.05) is 36.4 Å². The van der Waals surface area contributed by atoms with Gasteiger partial charge in [0.2, 0.25) is 0 Å². The van der Waals surface area contributed by atoms with Gasteiger partial charge in [0.25, 0.3) is 0 Å². The third-order valence-electron chi connectivity index (χ3n) is 5.91. The van der Waals surface area contributed by atoms with Crippen molar-refractivity contribution < 1.29 is 4.79 Å². The molecule has 4 nitrogen and oxygen atoms in total. The van der Waals surface area contributed by atoms with E-state index >= 15 is 0 Å². The molecule has 1 aliphatic carbocycles. The predicted octanol–water partition coefficient (Wildman–Crippen LogP) is 4.23. The Kier molecular flexibility index (Phi) is 5.17. The second-order valence-corrected chi connectivity index (χ2v) is 7.99. The lowest BCUT2D eigenvalue weighted by Crippen LogP contribution is -2.57. The molecule has 1 unspecified atom stereocenters. The lowest BCUT2D eigenvalue weighted by molar-refractivity contribution is 0.0954. The lowest BCUT2D eigenvalue weighted by atomic mass is 10.0. The van der Waals surface area contributed by atoms with E-state index in [1.807, 2.05) is 17.0 Å². The Hall–Kier alpha value is -2.33. The number of nitrogens with zero attached hydrogens (tertiary/aromatic N) is 2. The summed E-state index contributed by atoms with van der Waals surface area (Å²) in [5.74, 6) is 0. The number of hydrogen-bond acceptors (Lipinski definition) is 2. The summed E-state index contributed by atoms with van der Waals surface area (Å²) in [6.45, 7) is 6.92. The summed E-state index contributed by atoms with van der Waals surface area (Å²) in [4.78, 5) is 17.7. The molecule has 4 rings (SSSR count). The molecule has 2 aliphatic rings. The molecule has 0 bridgehead atoms. The summed E-state index contributed by atoms with van der Waals surface area (Å²) >= 11 is 0. The second kappa shape index (κ2) is 7.73. The van der Waals surface area contributed by atoms with Crippen molar-refractivity contribution >= 4 is 11.7 Å². The largest absolute Gasteiger partial charge is 0.322 e. The molecular formula is C23H29N3O. The number of hydrogen-bond donors (Lipinski definition) is 1. The van der Waals surface area contributed by atoms with Gasteiger partial charge in [0.15, 0.2) is 0 Å². The molecule has 142 valence electrons. The summed E-state index contributed by atoms with van der Waals surface area (Å²) in [5, 5.41) is 3.12. The lowest BCUT2D eigenvalue weighted by Gasteiger charge is -2.41. The first kappa shape index (κ1) is 18.1. The van der Waals surface area contributed by atoms with Crippen molar-refractivity contribution in [1.29, 1.82) is 0 Å². The molecule has 27 heavy (non-hydrogen) atoms. The molecule has 0 spiro atoms. The predicted molar refractivity (Wildman–Crippen MR) is 110 cm³/mol. The topological polar surface area (TPSA) is 35.6 Å². The molecule has 1 N–H and O–H groups in total. The number of carbonyl (C=O) groups excluding carboxylic acids is 1. The quantitative estimate of drug-likeness (QED) is 0.882. The minimum atomic E-state index is 0.0228. The fourth-order valence-electron chi connectivity index (χ4n) is 3.99. The molecular weight excluding hydrogens is 334 g/mol. The van der Waals surface area contributed by atoms with Crippen LogP contribution in [0.5, 0.6) is 0 Å². The summed E-state index contributed by atoms with van der Waals surface area (Å²) in [7, 11) is 0. The van der Waals surface area contributed by atoms with E-state index in [2.05, 4.69) is 60.5 Å². The fraction of sp³-hybridized carbons (Fsp3) is 0.435. The second-order valence-electron chi connectivity index (χ2n) is 7.99. The molecule has 1 heterocycles. The summed E-state index contributed by atoms with van der Waals surface area (Å²) < 4.78 is 0. The molecule has 0 aromatic heterocycles. The van der Waals surface area contributed by atoms with Crippen LogP contribution in [0.25, 0.3) is 0 Å². The van der Waals surface area contributed by atoms with E-state index in [9.17, 15) is 4.79 Å². The average molecular weight is 364 g/mol. The number of rotatable bonds is 4. The van der Waals surface area contributed by atoms with Crippen molar-refractivity contribution in [2.75, 3.05) is 25.0 Å². The average Bonchev–Trinajstić information content (AvgIpc) is 3.51. The molecule has 0 radical (unpaired) electrons. The molecule has 2 fully saturated rings. The highest BCUT2D eigenvalue weighted by molar-refractivity contribution is 5.89. The van der Waals surface area contributed by atoms with Crippen molar-refractivity contribution in [1.82, 2.24) is 9.80 Å². The number of amides is 2. The van der Waals surface area contributed by atoms with E-state index in [0.29, 0.717) is 0 Å². The Bertz CT molecular complexity index is 801. The van der Waals surface area contributed by atoms with Crippen LogP contribution in [0.1, 0.15) is 29.5 Å². The Morgan fingerprint density at radius 2 is 1.81 bits per heavy atom. The molecule has 2 aromatic carbocycles. The first-order chi connectivity index (χ1) is 13.1. The number of urea groups is 1. The molecule has 1 saturated carbocycles. The van der Waals surface area contributed by atoms with Crippen LogP contribution in [0, 0.1) is 13.8 Å². The standard InChI is InChI=1S/C23H29N3O/c1-17-8-9-20(14-18(17)2)24-23(27)26-13-12-25(21-10-11-21)16-22(26)15-19-6-4-3-5-7-19/h3-9,14,21-22H,10-13,15-16H2,1-2H3,(H,24,27). The van der Waals surface area contributed by atoms with Crippen molar-refractivity contribution in [3.63, 3.8) is 0 Å². The summed E-state index contributed by atoms with van der Waals surface area (Å²) in [6, 6.07) is 17.6. The highest BCUT2D eigenvalue weighted by Gasteiger charge is 2.37. The van der Waals surface area contributed by atoms with Gasteiger partial charge in [0.05, 0.1) is 6.04 Å². The molecule has 1 atom stereocenters. The third-order valence-corrected chi connectivity index (χ3v) is 5.91. The van der Waals surface area contributed by atoms with Crippen molar-refractivity contribution in [2.24, 2.45) is 0 Å². The number of nitrogens with one attached hydrogen (secondary N) is 1. The zero-order valence-corrected chi connectivity index (χ0v) is 16.3. The molecule has 2 aromatic rings. The number of piperazine rings is 1. The maximum Gasteiger partial charge on any atom is 0.322 e. The van der Waals surface area contributed by atoms with Crippen molar-refractivity contribution in [3.8, 4) is 0 Å². The van der Waals surface area contributed by atoms with Gasteiger partial charge in [0, 0.05) is 31.4 Å². The first-order valence-electron chi connectivity index (χ1n) is 10.0. The van der Waals surface area contributed by atoms with Crippen molar-refractivity contribution in [2.45, 2.75) is 45.2 Å². The van der Waals surface area contributed by atoms with E-state index in [4.69, 9.17) is 0 Å². The van der Waals surface area contributed by atoms with Crippen LogP contribution in [0.15, 0.2) is 48.5 Å². The van der Waals surface area contributed by atoms with Gasteiger partial charge in [0.1, 0.15) is 0 Å². The Morgan fingerprint density at radius 1 is 1.04 bits per heavy atom. The third kappa shape index (κ3) is 4.33. The van der Waals surface area contributed by atoms with Crippen LogP contribution in [0.2, 0.25) is 0 Å². The van der Waals surface area contributed by atoms with E-state index in [-0.39, 0.29) is 12.1 Å². The Balaban J connectivity index is 1.48. The van der Waals surface area contributed by atoms with Gasteiger partial charge in [-0.2, -0.15) is 0 Å². The maximum atomic E-state index is 13.1. The van der Waals surface area contributed by atoms with E-state index in [1.165, 1.54) is 29.5 Å². The van der Waals surface area contributed by atoms with Gasteiger partial charge in [-0.25, -0.2) is 4.79 Å². The van der Waals surface area contributed by atoms with E-state index in [1.54, 1.807) is 0 Å². The van der Waals surface area contributed by atoms with Gasteiger partial charge in [-0.15, -0.1) is 0 Å². The maximum absolute atomic E-state index is 13.1. The van der Waals surface area contributed by atoms with E-state index < -0.39 is 0 Å².